The first-order valence-corrected chi connectivity index (χ1v) is 2.88. The molecule has 0 aliphatic carbocycles. The van der Waals surface area contributed by atoms with E-state index in [-0.39, 0.29) is 29.9 Å². The van der Waals surface area contributed by atoms with Crippen LogP contribution in [0.15, 0.2) is 0 Å². The normalized spacial score (nSPS) is 7.78. The van der Waals surface area contributed by atoms with Crippen molar-refractivity contribution >= 4 is 29.9 Å². The zero-order valence-electron chi connectivity index (χ0n) is 5.85. The van der Waals surface area contributed by atoms with Crippen LogP contribution in [-0.2, 0) is 9.53 Å². The molecular weight excluding hydrogens is 231 g/mol. The summed E-state index contributed by atoms with van der Waals surface area (Å²) < 4.78 is 4.41. The topological polar surface area (TPSA) is 26.3 Å². The van der Waals surface area contributed by atoms with Crippen molar-refractivity contribution in [3.05, 3.63) is 0 Å². The van der Waals surface area contributed by atoms with Gasteiger partial charge in [0.05, 0.1) is 7.11 Å². The summed E-state index contributed by atoms with van der Waals surface area (Å²) in [6.45, 7) is 2.04. The molecule has 0 saturated carbocycles. The lowest BCUT2D eigenvalue weighted by molar-refractivity contribution is -0.140. The predicted molar refractivity (Wildman–Crippen MR) is 47.0 cm³/mol. The highest BCUT2D eigenvalue weighted by Gasteiger charge is 1.95. The van der Waals surface area contributed by atoms with Crippen molar-refractivity contribution in [1.29, 1.82) is 0 Å². The Hall–Kier alpha value is 0.200. The highest BCUT2D eigenvalue weighted by molar-refractivity contribution is 14.0. The van der Waals surface area contributed by atoms with Gasteiger partial charge in [0.25, 0.3) is 0 Å². The minimum Gasteiger partial charge on any atom is -0.469 e. The molecule has 0 aromatic heterocycles. The number of hydrogen-bond acceptors (Lipinski definition) is 2. The zero-order valence-corrected chi connectivity index (χ0v) is 8.18. The summed E-state index contributed by atoms with van der Waals surface area (Å²) in [4.78, 5) is 10.3. The van der Waals surface area contributed by atoms with Crippen LogP contribution >= 0.6 is 24.0 Å². The summed E-state index contributed by atoms with van der Waals surface area (Å²) in [5.74, 6) is -0.105. The van der Waals surface area contributed by atoms with Crippen molar-refractivity contribution in [2.45, 2.75) is 26.2 Å². The van der Waals surface area contributed by atoms with E-state index in [2.05, 4.69) is 4.74 Å². The van der Waals surface area contributed by atoms with Gasteiger partial charge in [0.1, 0.15) is 0 Å². The van der Waals surface area contributed by atoms with Gasteiger partial charge in [0.2, 0.25) is 0 Å². The van der Waals surface area contributed by atoms with Gasteiger partial charge < -0.3 is 4.74 Å². The fourth-order valence-electron chi connectivity index (χ4n) is 0.423. The minimum atomic E-state index is -0.105. The second kappa shape index (κ2) is 8.20. The molecule has 0 saturated heterocycles. The molecule has 0 atom stereocenters. The summed E-state index contributed by atoms with van der Waals surface area (Å²) >= 11 is 0. The second-order valence-corrected chi connectivity index (χ2v) is 1.68. The molecule has 0 bridgehead atoms. The van der Waals surface area contributed by atoms with E-state index in [1.807, 2.05) is 6.92 Å². The molecule has 0 heterocycles. The molecule has 2 nitrogen and oxygen atoms in total. The monoisotopic (exact) mass is 244 g/mol. The molecule has 0 fully saturated rings. The van der Waals surface area contributed by atoms with E-state index in [9.17, 15) is 4.79 Å². The largest absolute Gasteiger partial charge is 0.469 e. The predicted octanol–water partition coefficient (Wildman–Crippen LogP) is 1.97. The van der Waals surface area contributed by atoms with E-state index in [0.717, 1.165) is 12.8 Å². The van der Waals surface area contributed by atoms with Crippen LogP contribution in [0.1, 0.15) is 26.2 Å². The van der Waals surface area contributed by atoms with Crippen LogP contribution in [0.4, 0.5) is 0 Å². The number of unbranched alkanes of at least 4 members (excludes halogenated alkanes) is 1. The van der Waals surface area contributed by atoms with Gasteiger partial charge in [0.15, 0.2) is 0 Å². The summed E-state index contributed by atoms with van der Waals surface area (Å²) in [6.07, 6.45) is 2.55. The molecular formula is C6H13IO2. The molecule has 0 amide bonds. The van der Waals surface area contributed by atoms with Crippen LogP contribution in [-0.4, -0.2) is 13.1 Å². The van der Waals surface area contributed by atoms with Crippen molar-refractivity contribution in [2.24, 2.45) is 0 Å². The van der Waals surface area contributed by atoms with E-state index < -0.39 is 0 Å². The lowest BCUT2D eigenvalue weighted by Gasteiger charge is -1.93. The molecule has 0 N–H and O–H groups in total. The number of carbonyl (C=O) groups excluding carboxylic acids is 1. The Morgan fingerprint density at radius 2 is 2.11 bits per heavy atom. The van der Waals surface area contributed by atoms with Gasteiger partial charge >= 0.3 is 5.97 Å². The lowest BCUT2D eigenvalue weighted by atomic mass is 10.3. The van der Waals surface area contributed by atoms with Crippen molar-refractivity contribution in [3.8, 4) is 0 Å². The molecule has 56 valence electrons. The molecule has 0 spiro atoms. The highest BCUT2D eigenvalue weighted by Crippen LogP contribution is 1.94. The Bertz CT molecular complexity index is 73.5. The van der Waals surface area contributed by atoms with Crippen molar-refractivity contribution in [2.75, 3.05) is 7.11 Å². The Kier molecular flexibility index (Phi) is 10.9. The van der Waals surface area contributed by atoms with Crippen LogP contribution in [0.2, 0.25) is 0 Å². The second-order valence-electron chi connectivity index (χ2n) is 1.68. The van der Waals surface area contributed by atoms with Gasteiger partial charge in [-0.1, -0.05) is 13.3 Å². The number of ether oxygens (including phenoxy) is 1. The maximum Gasteiger partial charge on any atom is 0.305 e. The maximum atomic E-state index is 10.3. The quantitative estimate of drug-likeness (QED) is 0.560. The molecule has 0 aliphatic rings. The van der Waals surface area contributed by atoms with Crippen molar-refractivity contribution in [3.63, 3.8) is 0 Å². The van der Waals surface area contributed by atoms with Gasteiger partial charge in [-0.15, -0.1) is 24.0 Å². The molecule has 0 aliphatic heterocycles. The van der Waals surface area contributed by atoms with Gasteiger partial charge in [-0.05, 0) is 6.42 Å². The van der Waals surface area contributed by atoms with Gasteiger partial charge in [-0.3, -0.25) is 4.79 Å². The van der Waals surface area contributed by atoms with E-state index >= 15 is 0 Å². The Labute approximate surface area is 73.0 Å². The number of methoxy groups -OCH3 is 1. The van der Waals surface area contributed by atoms with Crippen LogP contribution < -0.4 is 0 Å². The van der Waals surface area contributed by atoms with Gasteiger partial charge in [0, 0.05) is 6.42 Å². The summed E-state index contributed by atoms with van der Waals surface area (Å²) in [7, 11) is 1.41. The molecule has 0 rings (SSSR count). The molecule has 9 heavy (non-hydrogen) atoms. The van der Waals surface area contributed by atoms with Gasteiger partial charge in [-0.2, -0.15) is 0 Å². The summed E-state index contributed by atoms with van der Waals surface area (Å²) in [5, 5.41) is 0. The first-order valence-electron chi connectivity index (χ1n) is 2.88. The maximum absolute atomic E-state index is 10.3. The molecule has 0 unspecified atom stereocenters. The summed E-state index contributed by atoms with van der Waals surface area (Å²) in [5.41, 5.74) is 0. The third-order valence-corrected chi connectivity index (χ3v) is 0.962. The lowest BCUT2D eigenvalue weighted by Crippen LogP contribution is -1.98. The number of rotatable bonds is 3. The van der Waals surface area contributed by atoms with Crippen molar-refractivity contribution in [1.82, 2.24) is 0 Å². The number of esters is 1. The van der Waals surface area contributed by atoms with Crippen LogP contribution in [0.3, 0.4) is 0 Å². The van der Waals surface area contributed by atoms with E-state index in [1.54, 1.807) is 0 Å². The third-order valence-electron chi connectivity index (χ3n) is 0.962. The van der Waals surface area contributed by atoms with E-state index in [0.29, 0.717) is 6.42 Å². The average Bonchev–Trinajstić information content (AvgIpc) is 1.83. The molecule has 0 aromatic carbocycles. The molecule has 0 aromatic rings. The zero-order chi connectivity index (χ0) is 6.41. The SMILES string of the molecule is CCCCC(=O)OC.I. The number of carbonyl (C=O) groups is 1. The fourth-order valence-corrected chi connectivity index (χ4v) is 0.423. The first kappa shape index (κ1) is 11.9. The number of hydrogen-bond donors (Lipinski definition) is 0. The standard InChI is InChI=1S/C6H12O2.HI/c1-3-4-5-6(7)8-2;/h3-5H2,1-2H3;1H. The Morgan fingerprint density at radius 1 is 1.56 bits per heavy atom. The third kappa shape index (κ3) is 8.20. The van der Waals surface area contributed by atoms with E-state index in [1.165, 1.54) is 7.11 Å². The highest BCUT2D eigenvalue weighted by atomic mass is 127. The Balaban J connectivity index is 0. The molecule has 3 heteroatoms. The van der Waals surface area contributed by atoms with Crippen LogP contribution in [0.5, 0.6) is 0 Å². The van der Waals surface area contributed by atoms with Crippen LogP contribution in [0, 0.1) is 0 Å². The smallest absolute Gasteiger partial charge is 0.305 e. The average molecular weight is 244 g/mol. The fraction of sp³-hybridized carbons (Fsp3) is 0.833. The molecule has 0 radical (unpaired) electrons. The first-order chi connectivity index (χ1) is 3.81. The van der Waals surface area contributed by atoms with E-state index in [4.69, 9.17) is 0 Å². The van der Waals surface area contributed by atoms with Crippen molar-refractivity contribution < 1.29 is 9.53 Å². The van der Waals surface area contributed by atoms with Crippen LogP contribution in [0.25, 0.3) is 0 Å². The number of halogens is 1. The Morgan fingerprint density at radius 3 is 2.44 bits per heavy atom. The van der Waals surface area contributed by atoms with Gasteiger partial charge in [-0.25, -0.2) is 0 Å². The summed E-state index contributed by atoms with van der Waals surface area (Å²) in [6, 6.07) is 0. The minimum absolute atomic E-state index is 0.